The quantitative estimate of drug-likeness (QED) is 0.606. The molecule has 0 N–H and O–H groups in total. The zero-order valence-corrected chi connectivity index (χ0v) is 8.08. The average Bonchev–Trinajstić information content (AvgIpc) is 2.08. The minimum absolute atomic E-state index is 0.258. The van der Waals surface area contributed by atoms with E-state index in [0.717, 1.165) is 19.4 Å². The smallest absolute Gasteiger partial charge is 0.303 e. The molecule has 0 unspecified atom stereocenters. The number of carbonyl (C=O) groups is 1. The summed E-state index contributed by atoms with van der Waals surface area (Å²) >= 11 is 0. The maximum Gasteiger partial charge on any atom is 0.303 e. The molecule has 1 aliphatic heterocycles. The highest BCUT2D eigenvalue weighted by Gasteiger charge is 2.23. The number of esters is 1. The van der Waals surface area contributed by atoms with Crippen LogP contribution in [0.15, 0.2) is 4.99 Å². The summed E-state index contributed by atoms with van der Waals surface area (Å²) in [4.78, 5) is 14.9. The highest BCUT2D eigenvalue weighted by Crippen LogP contribution is 2.12. The fourth-order valence-electron chi connectivity index (χ4n) is 1.29. The van der Waals surface area contributed by atoms with Crippen LogP contribution in [-0.4, -0.2) is 31.1 Å². The van der Waals surface area contributed by atoms with Crippen LogP contribution in [0.4, 0.5) is 0 Å². The third kappa shape index (κ3) is 3.05. The van der Waals surface area contributed by atoms with E-state index in [0.29, 0.717) is 12.5 Å². The lowest BCUT2D eigenvalue weighted by Gasteiger charge is -2.21. The van der Waals surface area contributed by atoms with Crippen LogP contribution in [-0.2, 0) is 14.3 Å². The van der Waals surface area contributed by atoms with Crippen molar-refractivity contribution in [2.75, 3.05) is 13.2 Å². The van der Waals surface area contributed by atoms with E-state index < -0.39 is 0 Å². The average molecular weight is 185 g/mol. The normalized spacial score (nSPS) is 22.0. The molecule has 0 saturated carbocycles. The first-order chi connectivity index (χ1) is 6.24. The minimum atomic E-state index is -0.278. The first kappa shape index (κ1) is 10.0. The fourth-order valence-corrected chi connectivity index (χ4v) is 1.29. The van der Waals surface area contributed by atoms with Gasteiger partial charge in [-0.05, 0) is 19.8 Å². The molecule has 1 rings (SSSR count). The summed E-state index contributed by atoms with van der Waals surface area (Å²) in [7, 11) is 0. The van der Waals surface area contributed by atoms with Crippen molar-refractivity contribution in [2.45, 2.75) is 32.8 Å². The fraction of sp³-hybridized carbons (Fsp3) is 0.778. The molecule has 0 amide bonds. The number of rotatable bonds is 2. The molecule has 0 radical (unpaired) electrons. The Morgan fingerprint density at radius 3 is 3.08 bits per heavy atom. The van der Waals surface area contributed by atoms with Crippen LogP contribution < -0.4 is 0 Å². The summed E-state index contributed by atoms with van der Waals surface area (Å²) in [6.45, 7) is 4.63. The number of aliphatic imine (C=N–C) groups is 1. The Morgan fingerprint density at radius 2 is 2.46 bits per heavy atom. The van der Waals surface area contributed by atoms with E-state index in [9.17, 15) is 4.79 Å². The Labute approximate surface area is 77.9 Å². The SMILES string of the molecule is CCOC1=NCCC[C@@H]1OC(C)=O. The molecule has 1 aliphatic rings. The summed E-state index contributed by atoms with van der Waals surface area (Å²) in [5.74, 6) is 0.295. The van der Waals surface area contributed by atoms with Gasteiger partial charge in [0.15, 0.2) is 6.10 Å². The van der Waals surface area contributed by atoms with Crippen molar-refractivity contribution < 1.29 is 14.3 Å². The molecule has 1 heterocycles. The van der Waals surface area contributed by atoms with Crippen molar-refractivity contribution in [2.24, 2.45) is 4.99 Å². The van der Waals surface area contributed by atoms with E-state index in [1.165, 1.54) is 6.92 Å². The Bertz CT molecular complexity index is 213. The van der Waals surface area contributed by atoms with E-state index in [-0.39, 0.29) is 12.1 Å². The lowest BCUT2D eigenvalue weighted by molar-refractivity contribution is -0.144. The summed E-state index contributed by atoms with van der Waals surface area (Å²) in [5, 5.41) is 0. The van der Waals surface area contributed by atoms with Crippen LogP contribution in [0.5, 0.6) is 0 Å². The maximum absolute atomic E-state index is 10.7. The van der Waals surface area contributed by atoms with Gasteiger partial charge in [0.2, 0.25) is 5.90 Å². The first-order valence-electron chi connectivity index (χ1n) is 4.58. The molecule has 0 saturated heterocycles. The number of hydrogen-bond donors (Lipinski definition) is 0. The molecule has 1 atom stereocenters. The Hall–Kier alpha value is -1.06. The molecule has 74 valence electrons. The predicted molar refractivity (Wildman–Crippen MR) is 48.7 cm³/mol. The second-order valence-electron chi connectivity index (χ2n) is 2.89. The van der Waals surface area contributed by atoms with Gasteiger partial charge in [-0.1, -0.05) is 0 Å². The van der Waals surface area contributed by atoms with Gasteiger partial charge in [-0.3, -0.25) is 9.79 Å². The second-order valence-corrected chi connectivity index (χ2v) is 2.89. The van der Waals surface area contributed by atoms with Gasteiger partial charge >= 0.3 is 5.97 Å². The second kappa shape index (κ2) is 4.84. The third-order valence-corrected chi connectivity index (χ3v) is 1.77. The third-order valence-electron chi connectivity index (χ3n) is 1.77. The molecule has 13 heavy (non-hydrogen) atoms. The molecule has 0 aliphatic carbocycles. The first-order valence-corrected chi connectivity index (χ1v) is 4.58. The largest absolute Gasteiger partial charge is 0.479 e. The highest BCUT2D eigenvalue weighted by molar-refractivity contribution is 5.83. The van der Waals surface area contributed by atoms with Crippen LogP contribution in [0, 0.1) is 0 Å². The van der Waals surface area contributed by atoms with Crippen molar-refractivity contribution in [3.05, 3.63) is 0 Å². The molecule has 0 fully saturated rings. The van der Waals surface area contributed by atoms with E-state index in [1.54, 1.807) is 0 Å². The molecule has 0 bridgehead atoms. The number of ether oxygens (including phenoxy) is 2. The lowest BCUT2D eigenvalue weighted by Crippen LogP contribution is -2.31. The van der Waals surface area contributed by atoms with Crippen LogP contribution >= 0.6 is 0 Å². The van der Waals surface area contributed by atoms with Crippen molar-refractivity contribution in [1.82, 2.24) is 0 Å². The van der Waals surface area contributed by atoms with Gasteiger partial charge in [0.25, 0.3) is 0 Å². The molecule has 0 aromatic heterocycles. The molecule has 0 aromatic rings. The van der Waals surface area contributed by atoms with Crippen LogP contribution in [0.25, 0.3) is 0 Å². The maximum atomic E-state index is 10.7. The zero-order chi connectivity index (χ0) is 9.68. The number of nitrogens with zero attached hydrogens (tertiary/aromatic N) is 1. The molecular formula is C9H15NO3. The van der Waals surface area contributed by atoms with Crippen LogP contribution in [0.1, 0.15) is 26.7 Å². The van der Waals surface area contributed by atoms with E-state index in [4.69, 9.17) is 9.47 Å². The summed E-state index contributed by atoms with van der Waals surface area (Å²) in [5.41, 5.74) is 0. The van der Waals surface area contributed by atoms with Gasteiger partial charge in [-0.2, -0.15) is 0 Å². The Morgan fingerprint density at radius 1 is 1.69 bits per heavy atom. The zero-order valence-electron chi connectivity index (χ0n) is 8.08. The van der Waals surface area contributed by atoms with Crippen molar-refractivity contribution in [1.29, 1.82) is 0 Å². The molecule has 4 nitrogen and oxygen atoms in total. The highest BCUT2D eigenvalue weighted by atomic mass is 16.6. The van der Waals surface area contributed by atoms with Crippen molar-refractivity contribution in [3.63, 3.8) is 0 Å². The number of carbonyl (C=O) groups excluding carboxylic acids is 1. The molecule has 0 aromatic carbocycles. The van der Waals surface area contributed by atoms with Gasteiger partial charge in [-0.25, -0.2) is 0 Å². The monoisotopic (exact) mass is 185 g/mol. The van der Waals surface area contributed by atoms with Crippen molar-refractivity contribution >= 4 is 11.9 Å². The minimum Gasteiger partial charge on any atom is -0.479 e. The summed E-state index contributed by atoms with van der Waals surface area (Å²) < 4.78 is 10.3. The van der Waals surface area contributed by atoms with Crippen molar-refractivity contribution in [3.8, 4) is 0 Å². The Kier molecular flexibility index (Phi) is 3.73. The number of hydrogen-bond acceptors (Lipinski definition) is 4. The summed E-state index contributed by atoms with van der Waals surface area (Å²) in [6.07, 6.45) is 1.51. The van der Waals surface area contributed by atoms with Gasteiger partial charge in [-0.15, -0.1) is 0 Å². The lowest BCUT2D eigenvalue weighted by atomic mass is 10.1. The van der Waals surface area contributed by atoms with Crippen LogP contribution in [0.3, 0.4) is 0 Å². The summed E-state index contributed by atoms with van der Waals surface area (Å²) in [6, 6.07) is 0. The molecular weight excluding hydrogens is 170 g/mol. The van der Waals surface area contributed by atoms with Gasteiger partial charge in [0, 0.05) is 13.5 Å². The van der Waals surface area contributed by atoms with Gasteiger partial charge in [0.05, 0.1) is 6.61 Å². The van der Waals surface area contributed by atoms with E-state index in [2.05, 4.69) is 4.99 Å². The van der Waals surface area contributed by atoms with E-state index in [1.807, 2.05) is 6.92 Å². The molecule has 0 spiro atoms. The predicted octanol–water partition coefficient (Wildman–Crippen LogP) is 1.15. The Balaban J connectivity index is 2.54. The molecule has 4 heteroatoms. The van der Waals surface area contributed by atoms with E-state index >= 15 is 0 Å². The van der Waals surface area contributed by atoms with Gasteiger partial charge < -0.3 is 9.47 Å². The standard InChI is InChI=1S/C9H15NO3/c1-3-12-9-8(13-7(2)11)5-4-6-10-9/h8H,3-6H2,1-2H3/t8-/m0/s1. The van der Waals surface area contributed by atoms with Crippen LogP contribution in [0.2, 0.25) is 0 Å². The van der Waals surface area contributed by atoms with Gasteiger partial charge in [0.1, 0.15) is 0 Å². The topological polar surface area (TPSA) is 47.9 Å².